The van der Waals surface area contributed by atoms with E-state index in [9.17, 15) is 8.42 Å². The van der Waals surface area contributed by atoms with Crippen LogP contribution in [0.1, 0.15) is 56.4 Å². The number of piperidine rings is 1. The second-order valence-electron chi connectivity index (χ2n) is 6.63. The van der Waals surface area contributed by atoms with Gasteiger partial charge in [0.15, 0.2) is 5.82 Å². The molecule has 1 aromatic heterocycles. The predicted molar refractivity (Wildman–Crippen MR) is 97.2 cm³/mol. The van der Waals surface area contributed by atoms with Gasteiger partial charge in [0, 0.05) is 26.2 Å². The molecule has 0 spiro atoms. The van der Waals surface area contributed by atoms with Crippen molar-refractivity contribution < 1.29 is 12.9 Å². The van der Waals surface area contributed by atoms with Crippen molar-refractivity contribution in [2.75, 3.05) is 39.0 Å². The van der Waals surface area contributed by atoms with Gasteiger partial charge in [-0.05, 0) is 26.3 Å². The number of hydrogen-bond donors (Lipinski definition) is 1. The third-order valence-electron chi connectivity index (χ3n) is 4.82. The number of sulfonamides is 1. The van der Waals surface area contributed by atoms with Crippen molar-refractivity contribution in [1.82, 2.24) is 24.7 Å². The van der Waals surface area contributed by atoms with Gasteiger partial charge in [0.05, 0.1) is 11.8 Å². The molecule has 10 heteroatoms. The van der Waals surface area contributed by atoms with E-state index in [0.717, 1.165) is 38.9 Å². The van der Waals surface area contributed by atoms with Gasteiger partial charge in [-0.3, -0.25) is 4.90 Å². The minimum atomic E-state index is -3.27. The molecule has 2 unspecified atom stereocenters. The molecule has 25 heavy (non-hydrogen) atoms. The summed E-state index contributed by atoms with van der Waals surface area (Å²) in [6.45, 7) is 5.07. The second kappa shape index (κ2) is 8.77. The Bertz CT molecular complexity index is 653. The summed E-state index contributed by atoms with van der Waals surface area (Å²) >= 11 is 0. The van der Waals surface area contributed by atoms with Crippen molar-refractivity contribution in [3.8, 4) is 0 Å². The summed E-state index contributed by atoms with van der Waals surface area (Å²) in [4.78, 5) is 6.76. The largest absolute Gasteiger partial charge is 0.337 e. The lowest BCUT2D eigenvalue weighted by molar-refractivity contribution is 0.187. The van der Waals surface area contributed by atoms with Gasteiger partial charge < -0.3 is 9.84 Å². The Hall–Kier alpha value is -0.740. The number of halogens is 1. The van der Waals surface area contributed by atoms with E-state index in [2.05, 4.69) is 20.4 Å². The van der Waals surface area contributed by atoms with Gasteiger partial charge in [0.25, 0.3) is 0 Å². The summed E-state index contributed by atoms with van der Waals surface area (Å²) in [5.74, 6) is 1.24. The van der Waals surface area contributed by atoms with Crippen LogP contribution in [0.4, 0.5) is 0 Å². The van der Waals surface area contributed by atoms with Crippen molar-refractivity contribution >= 4 is 22.4 Å². The Labute approximate surface area is 155 Å². The number of nitrogens with one attached hydrogen (secondary N) is 1. The number of rotatable bonds is 5. The van der Waals surface area contributed by atoms with Crippen LogP contribution in [0, 0.1) is 0 Å². The predicted octanol–water partition coefficient (Wildman–Crippen LogP) is 1.33. The zero-order valence-electron chi connectivity index (χ0n) is 14.8. The smallest absolute Gasteiger partial charge is 0.245 e. The van der Waals surface area contributed by atoms with E-state index in [0.29, 0.717) is 24.7 Å². The summed E-state index contributed by atoms with van der Waals surface area (Å²) in [6, 6.07) is -0.251. The molecule has 8 nitrogen and oxygen atoms in total. The van der Waals surface area contributed by atoms with Crippen LogP contribution in [-0.2, 0) is 10.0 Å². The fourth-order valence-electron chi connectivity index (χ4n) is 3.47. The highest BCUT2D eigenvalue weighted by molar-refractivity contribution is 7.89. The standard InChI is InChI=1S/C15H27N5O3S.ClH/c1-3-10-24(21,22)20-8-5-4-6-12(20)15-17-14(18-23-15)13-11-16-7-9-19(13)2;/h12-13,16H,3-11H2,1-2H3;1H. The summed E-state index contributed by atoms with van der Waals surface area (Å²) in [6.07, 6.45) is 3.21. The van der Waals surface area contributed by atoms with Gasteiger partial charge in [-0.1, -0.05) is 18.5 Å². The lowest BCUT2D eigenvalue weighted by atomic mass is 10.1. The molecule has 3 rings (SSSR count). The number of likely N-dealkylation sites (N-methyl/N-ethyl adjacent to an activating group) is 1. The fraction of sp³-hybridized carbons (Fsp3) is 0.867. The third kappa shape index (κ3) is 4.51. The van der Waals surface area contributed by atoms with Gasteiger partial charge in [-0.15, -0.1) is 12.4 Å². The topological polar surface area (TPSA) is 91.6 Å². The van der Waals surface area contributed by atoms with E-state index in [4.69, 9.17) is 4.52 Å². The number of hydrogen-bond acceptors (Lipinski definition) is 7. The molecule has 0 aliphatic carbocycles. The minimum Gasteiger partial charge on any atom is -0.337 e. The first-order valence-electron chi connectivity index (χ1n) is 8.77. The Balaban J connectivity index is 0.00000225. The minimum absolute atomic E-state index is 0. The maximum absolute atomic E-state index is 12.5. The van der Waals surface area contributed by atoms with Gasteiger partial charge in [-0.25, -0.2) is 8.42 Å². The van der Waals surface area contributed by atoms with E-state index in [1.807, 2.05) is 14.0 Å². The molecule has 1 aromatic rings. The van der Waals surface area contributed by atoms with Gasteiger partial charge in [0.1, 0.15) is 6.04 Å². The SMILES string of the molecule is CCCS(=O)(=O)N1CCCCC1c1nc(C2CNCCN2C)no1.Cl. The van der Waals surface area contributed by atoms with Crippen molar-refractivity contribution in [1.29, 1.82) is 0 Å². The molecular weight excluding hydrogens is 366 g/mol. The monoisotopic (exact) mass is 393 g/mol. The zero-order valence-corrected chi connectivity index (χ0v) is 16.5. The molecule has 2 fully saturated rings. The number of piperazine rings is 1. The number of aromatic nitrogens is 2. The first-order valence-corrected chi connectivity index (χ1v) is 10.4. The molecule has 0 amide bonds. The van der Waals surface area contributed by atoms with Crippen molar-refractivity contribution in [3.63, 3.8) is 0 Å². The molecule has 144 valence electrons. The zero-order chi connectivity index (χ0) is 17.2. The van der Waals surface area contributed by atoms with Gasteiger partial charge in [-0.2, -0.15) is 9.29 Å². The highest BCUT2D eigenvalue weighted by Gasteiger charge is 2.37. The summed E-state index contributed by atoms with van der Waals surface area (Å²) in [5.41, 5.74) is 0. The molecule has 2 aliphatic rings. The maximum Gasteiger partial charge on any atom is 0.245 e. The first-order chi connectivity index (χ1) is 11.5. The average molecular weight is 394 g/mol. The normalized spacial score (nSPS) is 26.3. The van der Waals surface area contributed by atoms with Crippen LogP contribution in [0.2, 0.25) is 0 Å². The van der Waals surface area contributed by atoms with Gasteiger partial charge >= 0.3 is 0 Å². The molecule has 0 bridgehead atoms. The molecule has 1 N–H and O–H groups in total. The van der Waals surface area contributed by atoms with Crippen molar-refractivity contribution in [2.45, 2.75) is 44.7 Å². The molecule has 0 radical (unpaired) electrons. The highest BCUT2D eigenvalue weighted by atomic mass is 35.5. The Morgan fingerprint density at radius 2 is 2.08 bits per heavy atom. The summed E-state index contributed by atoms with van der Waals surface area (Å²) < 4.78 is 32.2. The lowest BCUT2D eigenvalue weighted by Crippen LogP contribution is -2.44. The van der Waals surface area contributed by atoms with E-state index < -0.39 is 10.0 Å². The molecule has 0 aromatic carbocycles. The first kappa shape index (κ1) is 20.6. The summed E-state index contributed by atoms with van der Waals surface area (Å²) in [5, 5.41) is 7.47. The Morgan fingerprint density at radius 1 is 1.28 bits per heavy atom. The van der Waals surface area contributed by atoms with Crippen LogP contribution in [0.5, 0.6) is 0 Å². The van der Waals surface area contributed by atoms with Gasteiger partial charge in [0.2, 0.25) is 15.9 Å². The maximum atomic E-state index is 12.5. The molecule has 0 saturated carbocycles. The van der Waals surface area contributed by atoms with Crippen LogP contribution in [0.15, 0.2) is 4.52 Å². The summed E-state index contributed by atoms with van der Waals surface area (Å²) in [7, 11) is -1.23. The Morgan fingerprint density at radius 3 is 2.80 bits per heavy atom. The molecule has 2 aliphatic heterocycles. The van der Waals surface area contributed by atoms with E-state index in [1.165, 1.54) is 0 Å². The fourth-order valence-corrected chi connectivity index (χ4v) is 5.21. The lowest BCUT2D eigenvalue weighted by Gasteiger charge is -2.32. The third-order valence-corrected chi connectivity index (χ3v) is 6.90. The van der Waals surface area contributed by atoms with E-state index >= 15 is 0 Å². The van der Waals surface area contributed by atoms with Crippen LogP contribution < -0.4 is 5.32 Å². The average Bonchev–Trinajstić information content (AvgIpc) is 3.05. The van der Waals surface area contributed by atoms with E-state index in [1.54, 1.807) is 4.31 Å². The molecule has 2 saturated heterocycles. The van der Waals surface area contributed by atoms with Crippen LogP contribution >= 0.6 is 12.4 Å². The molecule has 2 atom stereocenters. The molecular formula is C15H28ClN5O3S. The molecule has 3 heterocycles. The van der Waals surface area contributed by atoms with Crippen LogP contribution in [-0.4, -0.2) is 66.7 Å². The van der Waals surface area contributed by atoms with Crippen molar-refractivity contribution in [3.05, 3.63) is 11.7 Å². The van der Waals surface area contributed by atoms with Crippen molar-refractivity contribution in [2.24, 2.45) is 0 Å². The second-order valence-corrected chi connectivity index (χ2v) is 8.67. The quantitative estimate of drug-likeness (QED) is 0.806. The van der Waals surface area contributed by atoms with Crippen LogP contribution in [0.25, 0.3) is 0 Å². The highest BCUT2D eigenvalue weighted by Crippen LogP contribution is 2.33. The Kier molecular flexibility index (Phi) is 7.21. The number of nitrogens with zero attached hydrogens (tertiary/aromatic N) is 4. The van der Waals surface area contributed by atoms with E-state index in [-0.39, 0.29) is 30.2 Å². The van der Waals surface area contributed by atoms with Crippen LogP contribution in [0.3, 0.4) is 0 Å².